The van der Waals surface area contributed by atoms with E-state index in [2.05, 4.69) is 16.0 Å². The maximum atomic E-state index is 5.84. The van der Waals surface area contributed by atoms with Gasteiger partial charge in [0.1, 0.15) is 0 Å². The van der Waals surface area contributed by atoms with Crippen molar-refractivity contribution in [3.8, 4) is 5.88 Å². The van der Waals surface area contributed by atoms with Crippen LogP contribution in [0.1, 0.15) is 24.8 Å². The van der Waals surface area contributed by atoms with Crippen molar-refractivity contribution in [2.45, 2.75) is 25.8 Å². The van der Waals surface area contributed by atoms with Crippen molar-refractivity contribution in [1.29, 1.82) is 0 Å². The van der Waals surface area contributed by atoms with E-state index in [1.807, 2.05) is 6.07 Å². The van der Waals surface area contributed by atoms with Gasteiger partial charge in [-0.15, -0.1) is 11.6 Å². The zero-order chi connectivity index (χ0) is 12.8. The molecule has 1 fully saturated rings. The summed E-state index contributed by atoms with van der Waals surface area (Å²) in [6, 6.07) is 4.06. The van der Waals surface area contributed by atoms with Crippen molar-refractivity contribution in [2.24, 2.45) is 5.92 Å². The normalized spacial score (nSPS) is 20.9. The molecule has 0 spiro atoms. The standard InChI is InChI=1S/C14H21ClN2O/c1-18-14-13(5-2-8-16-14)11-17-9-3-4-12(10-17)6-7-15/h2,5,8,12H,3-4,6-7,9-11H2,1H3. The van der Waals surface area contributed by atoms with Crippen LogP contribution < -0.4 is 4.74 Å². The predicted molar refractivity (Wildman–Crippen MR) is 74.1 cm³/mol. The van der Waals surface area contributed by atoms with Gasteiger partial charge in [0.2, 0.25) is 5.88 Å². The van der Waals surface area contributed by atoms with Gasteiger partial charge in [-0.1, -0.05) is 6.07 Å². The van der Waals surface area contributed by atoms with Crippen LogP contribution in [0.3, 0.4) is 0 Å². The minimum Gasteiger partial charge on any atom is -0.481 e. The van der Waals surface area contributed by atoms with Crippen molar-refractivity contribution in [3.05, 3.63) is 23.9 Å². The van der Waals surface area contributed by atoms with Crippen LogP contribution >= 0.6 is 11.6 Å². The lowest BCUT2D eigenvalue weighted by molar-refractivity contribution is 0.163. The Morgan fingerprint density at radius 3 is 3.22 bits per heavy atom. The van der Waals surface area contributed by atoms with Crippen LogP contribution in [-0.2, 0) is 6.54 Å². The fourth-order valence-electron chi connectivity index (χ4n) is 2.65. The Kier molecular flexibility index (Phi) is 5.26. The van der Waals surface area contributed by atoms with Gasteiger partial charge in [-0.25, -0.2) is 4.98 Å². The third-order valence-electron chi connectivity index (χ3n) is 3.56. The first-order chi connectivity index (χ1) is 8.83. The first-order valence-corrected chi connectivity index (χ1v) is 7.13. The van der Waals surface area contributed by atoms with Gasteiger partial charge < -0.3 is 4.74 Å². The number of methoxy groups -OCH3 is 1. The van der Waals surface area contributed by atoms with E-state index < -0.39 is 0 Å². The quantitative estimate of drug-likeness (QED) is 0.768. The summed E-state index contributed by atoms with van der Waals surface area (Å²) in [5.74, 6) is 2.27. The predicted octanol–water partition coefficient (Wildman–Crippen LogP) is 2.93. The molecule has 1 saturated heterocycles. The highest BCUT2D eigenvalue weighted by molar-refractivity contribution is 6.17. The number of pyridine rings is 1. The van der Waals surface area contributed by atoms with Crippen LogP contribution in [0.5, 0.6) is 5.88 Å². The molecule has 0 bridgehead atoms. The van der Waals surface area contributed by atoms with E-state index in [0.29, 0.717) is 0 Å². The molecule has 4 heteroatoms. The molecule has 1 unspecified atom stereocenters. The fraction of sp³-hybridized carbons (Fsp3) is 0.643. The Labute approximate surface area is 114 Å². The second-order valence-electron chi connectivity index (χ2n) is 4.89. The summed E-state index contributed by atoms with van der Waals surface area (Å²) in [5.41, 5.74) is 1.17. The monoisotopic (exact) mass is 268 g/mol. The van der Waals surface area contributed by atoms with Gasteiger partial charge in [0.25, 0.3) is 0 Å². The Hall–Kier alpha value is -0.800. The highest BCUT2D eigenvalue weighted by Crippen LogP contribution is 2.23. The molecule has 0 saturated carbocycles. The Morgan fingerprint density at radius 2 is 2.44 bits per heavy atom. The summed E-state index contributed by atoms with van der Waals surface area (Å²) in [6.45, 7) is 3.23. The minimum absolute atomic E-state index is 0.747. The number of ether oxygens (including phenoxy) is 1. The van der Waals surface area contributed by atoms with Crippen LogP contribution in [0.25, 0.3) is 0 Å². The summed E-state index contributed by atoms with van der Waals surface area (Å²) >= 11 is 5.84. The lowest BCUT2D eigenvalue weighted by Crippen LogP contribution is -2.35. The maximum Gasteiger partial charge on any atom is 0.217 e. The molecule has 100 valence electrons. The molecule has 0 amide bonds. The largest absolute Gasteiger partial charge is 0.481 e. The number of hydrogen-bond donors (Lipinski definition) is 0. The molecule has 1 atom stereocenters. The first kappa shape index (κ1) is 13.6. The van der Waals surface area contributed by atoms with Crippen molar-refractivity contribution in [1.82, 2.24) is 9.88 Å². The Bertz CT molecular complexity index is 371. The molecular weight excluding hydrogens is 248 g/mol. The number of piperidine rings is 1. The number of hydrogen-bond acceptors (Lipinski definition) is 3. The molecular formula is C14H21ClN2O. The fourth-order valence-corrected chi connectivity index (χ4v) is 2.96. The summed E-state index contributed by atoms with van der Waals surface area (Å²) in [4.78, 5) is 6.73. The summed E-state index contributed by atoms with van der Waals surface area (Å²) in [5, 5.41) is 0. The molecule has 0 aliphatic carbocycles. The number of nitrogens with zero attached hydrogens (tertiary/aromatic N) is 2. The highest BCUT2D eigenvalue weighted by Gasteiger charge is 2.20. The van der Waals surface area contributed by atoms with Crippen molar-refractivity contribution >= 4 is 11.6 Å². The van der Waals surface area contributed by atoms with Gasteiger partial charge in [0.15, 0.2) is 0 Å². The Balaban J connectivity index is 1.96. The average molecular weight is 269 g/mol. The molecule has 0 aromatic carbocycles. The third-order valence-corrected chi connectivity index (χ3v) is 3.78. The Morgan fingerprint density at radius 1 is 1.56 bits per heavy atom. The van der Waals surface area contributed by atoms with Gasteiger partial charge in [0.05, 0.1) is 7.11 Å². The van der Waals surface area contributed by atoms with E-state index in [1.165, 1.54) is 18.4 Å². The van der Waals surface area contributed by atoms with Gasteiger partial charge in [-0.3, -0.25) is 4.90 Å². The van der Waals surface area contributed by atoms with Gasteiger partial charge in [-0.05, 0) is 37.8 Å². The molecule has 1 aromatic rings. The van der Waals surface area contributed by atoms with Gasteiger partial charge in [0, 0.05) is 30.7 Å². The molecule has 0 radical (unpaired) electrons. The first-order valence-electron chi connectivity index (χ1n) is 6.59. The molecule has 2 rings (SSSR count). The number of rotatable bonds is 5. The smallest absolute Gasteiger partial charge is 0.217 e. The van der Waals surface area contributed by atoms with E-state index in [-0.39, 0.29) is 0 Å². The second-order valence-corrected chi connectivity index (χ2v) is 5.27. The number of aromatic nitrogens is 1. The van der Waals surface area contributed by atoms with E-state index in [1.54, 1.807) is 13.3 Å². The number of alkyl halides is 1. The minimum atomic E-state index is 0.747. The van der Waals surface area contributed by atoms with Crippen molar-refractivity contribution in [2.75, 3.05) is 26.1 Å². The van der Waals surface area contributed by atoms with Crippen LogP contribution in [0.2, 0.25) is 0 Å². The van der Waals surface area contributed by atoms with Gasteiger partial charge in [-0.2, -0.15) is 0 Å². The molecule has 3 nitrogen and oxygen atoms in total. The van der Waals surface area contributed by atoms with Crippen LogP contribution in [0.15, 0.2) is 18.3 Å². The van der Waals surface area contributed by atoms with Crippen LogP contribution in [0.4, 0.5) is 0 Å². The molecule has 2 heterocycles. The van der Waals surface area contributed by atoms with Crippen molar-refractivity contribution < 1.29 is 4.74 Å². The van der Waals surface area contributed by atoms with E-state index in [9.17, 15) is 0 Å². The summed E-state index contributed by atoms with van der Waals surface area (Å²) < 4.78 is 5.30. The lowest BCUT2D eigenvalue weighted by Gasteiger charge is -2.32. The molecule has 1 aromatic heterocycles. The molecule has 18 heavy (non-hydrogen) atoms. The molecule has 0 N–H and O–H groups in total. The van der Waals surface area contributed by atoms with Gasteiger partial charge >= 0.3 is 0 Å². The van der Waals surface area contributed by atoms with Crippen LogP contribution in [-0.4, -0.2) is 36.0 Å². The highest BCUT2D eigenvalue weighted by atomic mass is 35.5. The summed E-state index contributed by atoms with van der Waals surface area (Å²) in [7, 11) is 1.68. The van der Waals surface area contributed by atoms with E-state index in [4.69, 9.17) is 16.3 Å². The zero-order valence-corrected chi connectivity index (χ0v) is 11.7. The van der Waals surface area contributed by atoms with Crippen molar-refractivity contribution in [3.63, 3.8) is 0 Å². The van der Waals surface area contributed by atoms with E-state index in [0.717, 1.165) is 43.7 Å². The average Bonchev–Trinajstić information content (AvgIpc) is 2.40. The maximum absolute atomic E-state index is 5.84. The zero-order valence-electron chi connectivity index (χ0n) is 10.9. The van der Waals surface area contributed by atoms with E-state index >= 15 is 0 Å². The molecule has 1 aliphatic rings. The second kappa shape index (κ2) is 6.95. The third kappa shape index (κ3) is 3.59. The number of likely N-dealkylation sites (tertiary alicyclic amines) is 1. The number of halogens is 1. The lowest BCUT2D eigenvalue weighted by atomic mass is 9.95. The topological polar surface area (TPSA) is 25.4 Å². The SMILES string of the molecule is COc1ncccc1CN1CCCC(CCCl)C1. The summed E-state index contributed by atoms with van der Waals surface area (Å²) in [6.07, 6.45) is 5.48. The van der Waals surface area contributed by atoms with Crippen LogP contribution in [0, 0.1) is 5.92 Å². The molecule has 1 aliphatic heterocycles.